The molecule has 0 aliphatic rings. The monoisotopic (exact) mass is 198 g/mol. The van der Waals surface area contributed by atoms with E-state index in [0.29, 0.717) is 6.42 Å². The SMILES string of the molecule is CCCCOP(=O)([O-])[O-].[Na+].[Na+]. The molecular weight excluding hydrogens is 189 g/mol. The summed E-state index contributed by atoms with van der Waals surface area (Å²) in [5, 5.41) is 0. The van der Waals surface area contributed by atoms with E-state index in [1.165, 1.54) is 0 Å². The zero-order valence-electron chi connectivity index (χ0n) is 7.20. The predicted molar refractivity (Wildman–Crippen MR) is 28.5 cm³/mol. The maximum absolute atomic E-state index is 9.76. The number of phosphoric ester groups is 1. The molecule has 0 saturated carbocycles. The van der Waals surface area contributed by atoms with Crippen LogP contribution in [-0.2, 0) is 9.09 Å². The van der Waals surface area contributed by atoms with Gasteiger partial charge in [-0.3, -0.25) is 0 Å². The first-order valence-electron chi connectivity index (χ1n) is 2.73. The van der Waals surface area contributed by atoms with E-state index in [4.69, 9.17) is 0 Å². The number of rotatable bonds is 4. The summed E-state index contributed by atoms with van der Waals surface area (Å²) in [6.45, 7) is 1.89. The van der Waals surface area contributed by atoms with E-state index in [0.717, 1.165) is 6.42 Å². The normalized spacial score (nSPS) is 9.73. The van der Waals surface area contributed by atoms with Crippen LogP contribution in [0.15, 0.2) is 0 Å². The minimum absolute atomic E-state index is 0. The third kappa shape index (κ3) is 18.8. The van der Waals surface area contributed by atoms with Gasteiger partial charge in [-0.2, -0.15) is 0 Å². The summed E-state index contributed by atoms with van der Waals surface area (Å²) in [6.07, 6.45) is 1.43. The largest absolute Gasteiger partial charge is 1.00 e. The molecule has 0 N–H and O–H groups in total. The van der Waals surface area contributed by atoms with Crippen LogP contribution < -0.4 is 68.9 Å². The summed E-state index contributed by atoms with van der Waals surface area (Å²) in [4.78, 5) is 19.5. The minimum Gasteiger partial charge on any atom is -0.790 e. The Morgan fingerprint density at radius 1 is 1.36 bits per heavy atom. The first-order valence-corrected chi connectivity index (χ1v) is 4.19. The molecule has 0 aromatic rings. The average molecular weight is 198 g/mol. The maximum atomic E-state index is 9.76. The van der Waals surface area contributed by atoms with Gasteiger partial charge in [0, 0.05) is 0 Å². The molecule has 0 saturated heterocycles. The van der Waals surface area contributed by atoms with Crippen LogP contribution in [0.1, 0.15) is 19.8 Å². The van der Waals surface area contributed by atoms with Crippen molar-refractivity contribution >= 4 is 7.82 Å². The smallest absolute Gasteiger partial charge is 0.790 e. The first-order chi connectivity index (χ1) is 4.06. The van der Waals surface area contributed by atoms with E-state index >= 15 is 0 Å². The van der Waals surface area contributed by atoms with Crippen molar-refractivity contribution in [3.8, 4) is 0 Å². The zero-order chi connectivity index (χ0) is 7.33. The van der Waals surface area contributed by atoms with Crippen molar-refractivity contribution in [1.82, 2.24) is 0 Å². The Morgan fingerprint density at radius 2 is 1.82 bits per heavy atom. The third-order valence-electron chi connectivity index (χ3n) is 0.747. The topological polar surface area (TPSA) is 72.4 Å². The van der Waals surface area contributed by atoms with Crippen LogP contribution in [0.4, 0.5) is 0 Å². The van der Waals surface area contributed by atoms with Gasteiger partial charge in [-0.05, 0) is 6.42 Å². The van der Waals surface area contributed by atoms with Gasteiger partial charge in [0.25, 0.3) is 0 Å². The van der Waals surface area contributed by atoms with Crippen molar-refractivity contribution < 1.29 is 78.0 Å². The molecule has 0 atom stereocenters. The molecule has 0 unspecified atom stereocenters. The molecule has 56 valence electrons. The standard InChI is InChI=1S/C4H11O4P.2Na/c1-2-3-4-8-9(5,6)7;;/h2-4H2,1H3,(H2,5,6,7);;/q;2*+1/p-2. The van der Waals surface area contributed by atoms with Gasteiger partial charge in [0.15, 0.2) is 0 Å². The predicted octanol–water partition coefficient (Wildman–Crippen LogP) is -6.36. The van der Waals surface area contributed by atoms with E-state index in [9.17, 15) is 14.4 Å². The molecule has 0 aromatic carbocycles. The minimum atomic E-state index is -4.70. The fraction of sp³-hybridized carbons (Fsp3) is 1.00. The van der Waals surface area contributed by atoms with Crippen molar-refractivity contribution in [2.24, 2.45) is 0 Å². The van der Waals surface area contributed by atoms with Crippen LogP contribution in [0.25, 0.3) is 0 Å². The Labute approximate surface area is 111 Å². The third-order valence-corrected chi connectivity index (χ3v) is 1.25. The molecule has 0 aliphatic carbocycles. The number of phosphoric acid groups is 1. The number of hydrogen-bond donors (Lipinski definition) is 0. The Hall–Kier alpha value is 2.11. The zero-order valence-corrected chi connectivity index (χ0v) is 12.1. The quantitative estimate of drug-likeness (QED) is 0.256. The van der Waals surface area contributed by atoms with E-state index in [1.54, 1.807) is 0 Å². The second kappa shape index (κ2) is 10.2. The van der Waals surface area contributed by atoms with Crippen molar-refractivity contribution in [3.05, 3.63) is 0 Å². The van der Waals surface area contributed by atoms with Crippen molar-refractivity contribution in [2.45, 2.75) is 19.8 Å². The van der Waals surface area contributed by atoms with E-state index in [1.807, 2.05) is 6.92 Å². The summed E-state index contributed by atoms with van der Waals surface area (Å²) < 4.78 is 13.7. The van der Waals surface area contributed by atoms with Crippen LogP contribution in [0.2, 0.25) is 0 Å². The molecule has 0 heterocycles. The molecule has 7 heteroatoms. The second-order valence-corrected chi connectivity index (χ2v) is 2.79. The fourth-order valence-corrected chi connectivity index (χ4v) is 0.673. The molecule has 0 aliphatic heterocycles. The van der Waals surface area contributed by atoms with E-state index < -0.39 is 7.82 Å². The van der Waals surface area contributed by atoms with Crippen molar-refractivity contribution in [2.75, 3.05) is 6.61 Å². The Balaban J connectivity index is -0.000000320. The molecule has 0 amide bonds. The van der Waals surface area contributed by atoms with Gasteiger partial charge in [0.05, 0.1) is 14.4 Å². The summed E-state index contributed by atoms with van der Waals surface area (Å²) in [5.74, 6) is 0. The van der Waals surface area contributed by atoms with Gasteiger partial charge in [0.1, 0.15) is 0 Å². The number of hydrogen-bond acceptors (Lipinski definition) is 4. The molecular formula is C4H9Na2O4P. The molecule has 0 bridgehead atoms. The maximum Gasteiger partial charge on any atom is 1.00 e. The molecule has 0 aromatic heterocycles. The Kier molecular flexibility index (Phi) is 17.4. The average Bonchev–Trinajstić information content (AvgIpc) is 1.63. The van der Waals surface area contributed by atoms with Gasteiger partial charge >= 0.3 is 59.1 Å². The second-order valence-electron chi connectivity index (χ2n) is 1.63. The van der Waals surface area contributed by atoms with Gasteiger partial charge in [-0.25, -0.2) is 0 Å². The van der Waals surface area contributed by atoms with Crippen LogP contribution >= 0.6 is 7.82 Å². The fourth-order valence-electron chi connectivity index (χ4n) is 0.321. The summed E-state index contributed by atoms with van der Waals surface area (Å²) in [6, 6.07) is 0. The summed E-state index contributed by atoms with van der Waals surface area (Å²) in [7, 11) is -4.70. The van der Waals surface area contributed by atoms with Crippen LogP contribution in [0.3, 0.4) is 0 Å². The summed E-state index contributed by atoms with van der Waals surface area (Å²) in [5.41, 5.74) is 0. The Bertz CT molecular complexity index is 115. The first kappa shape index (κ1) is 18.8. The molecule has 0 fully saturated rings. The van der Waals surface area contributed by atoms with Crippen molar-refractivity contribution in [3.63, 3.8) is 0 Å². The molecule has 0 rings (SSSR count). The van der Waals surface area contributed by atoms with E-state index in [2.05, 4.69) is 4.52 Å². The van der Waals surface area contributed by atoms with Crippen molar-refractivity contribution in [1.29, 1.82) is 0 Å². The van der Waals surface area contributed by atoms with Crippen LogP contribution in [0.5, 0.6) is 0 Å². The molecule has 0 radical (unpaired) electrons. The molecule has 0 spiro atoms. The van der Waals surface area contributed by atoms with E-state index in [-0.39, 0.29) is 65.7 Å². The van der Waals surface area contributed by atoms with Gasteiger partial charge < -0.3 is 18.9 Å². The van der Waals surface area contributed by atoms with Crippen LogP contribution in [0, 0.1) is 0 Å². The van der Waals surface area contributed by atoms with Gasteiger partial charge in [-0.15, -0.1) is 0 Å². The Morgan fingerprint density at radius 3 is 2.09 bits per heavy atom. The molecule has 11 heavy (non-hydrogen) atoms. The molecule has 4 nitrogen and oxygen atoms in total. The summed E-state index contributed by atoms with van der Waals surface area (Å²) >= 11 is 0. The van der Waals surface area contributed by atoms with Gasteiger partial charge in [0.2, 0.25) is 0 Å². The van der Waals surface area contributed by atoms with Crippen LogP contribution in [-0.4, -0.2) is 6.61 Å². The van der Waals surface area contributed by atoms with Gasteiger partial charge in [-0.1, -0.05) is 13.3 Å². The number of unbranched alkanes of at least 4 members (excludes halogenated alkanes) is 1.